The van der Waals surface area contributed by atoms with Crippen molar-refractivity contribution in [3.63, 3.8) is 0 Å². The van der Waals surface area contributed by atoms with Crippen LogP contribution in [0.15, 0.2) is 110 Å². The number of esters is 1. The van der Waals surface area contributed by atoms with Crippen LogP contribution in [0.4, 0.5) is 0 Å². The molecule has 0 heterocycles. The van der Waals surface area contributed by atoms with Gasteiger partial charge in [-0.25, -0.2) is 4.79 Å². The second kappa shape index (κ2) is 12.5. The molecule has 0 aliphatic carbocycles. The predicted molar refractivity (Wildman–Crippen MR) is 152 cm³/mol. The minimum atomic E-state index is -0.486. The SMILES string of the molecule is C=CC(=O)OCCOc1cc(C)c(C(=O)c2ccc(C=C(c3ccccc3)c3ccccc3)cc2)c(C)c1. The number of ether oxygens (including phenoxy) is 2. The van der Waals surface area contributed by atoms with Gasteiger partial charge in [-0.3, -0.25) is 4.79 Å². The molecule has 0 saturated carbocycles. The first-order valence-electron chi connectivity index (χ1n) is 12.5. The smallest absolute Gasteiger partial charge is 0.330 e. The van der Waals surface area contributed by atoms with Gasteiger partial charge < -0.3 is 9.47 Å². The van der Waals surface area contributed by atoms with E-state index in [0.717, 1.165) is 39.5 Å². The zero-order valence-electron chi connectivity index (χ0n) is 21.6. The van der Waals surface area contributed by atoms with Gasteiger partial charge in [0.25, 0.3) is 0 Å². The lowest BCUT2D eigenvalue weighted by Gasteiger charge is -2.13. The van der Waals surface area contributed by atoms with Crippen LogP contribution in [-0.4, -0.2) is 25.0 Å². The lowest BCUT2D eigenvalue weighted by atomic mass is 9.93. The fraction of sp³-hybridized carbons (Fsp3) is 0.118. The zero-order chi connectivity index (χ0) is 26.9. The van der Waals surface area contributed by atoms with E-state index < -0.39 is 5.97 Å². The highest BCUT2D eigenvalue weighted by Crippen LogP contribution is 2.27. The van der Waals surface area contributed by atoms with Crippen molar-refractivity contribution < 1.29 is 19.1 Å². The Hall–Kier alpha value is -4.70. The second-order valence-corrected chi connectivity index (χ2v) is 8.89. The van der Waals surface area contributed by atoms with Crippen molar-refractivity contribution >= 4 is 23.4 Å². The molecule has 4 rings (SSSR count). The Kier molecular flexibility index (Phi) is 8.68. The number of carbonyl (C=O) groups is 2. The van der Waals surface area contributed by atoms with E-state index in [9.17, 15) is 9.59 Å². The Balaban J connectivity index is 1.53. The summed E-state index contributed by atoms with van der Waals surface area (Å²) >= 11 is 0. The molecule has 0 aliphatic heterocycles. The molecule has 0 fully saturated rings. The maximum atomic E-state index is 13.4. The molecular weight excluding hydrogens is 472 g/mol. The molecule has 190 valence electrons. The average molecular weight is 503 g/mol. The third-order valence-electron chi connectivity index (χ3n) is 6.15. The maximum Gasteiger partial charge on any atom is 0.330 e. The van der Waals surface area contributed by atoms with Crippen molar-refractivity contribution in [1.82, 2.24) is 0 Å². The van der Waals surface area contributed by atoms with Gasteiger partial charge >= 0.3 is 5.97 Å². The number of aryl methyl sites for hydroxylation is 2. The number of benzene rings is 4. The van der Waals surface area contributed by atoms with Gasteiger partial charge in [-0.2, -0.15) is 0 Å². The molecule has 0 aromatic heterocycles. The first-order valence-corrected chi connectivity index (χ1v) is 12.5. The molecule has 0 unspecified atom stereocenters. The zero-order valence-corrected chi connectivity index (χ0v) is 21.6. The summed E-state index contributed by atoms with van der Waals surface area (Å²) in [5.41, 5.74) is 7.33. The van der Waals surface area contributed by atoms with Gasteiger partial charge in [0, 0.05) is 17.2 Å². The second-order valence-electron chi connectivity index (χ2n) is 8.89. The molecule has 4 heteroatoms. The van der Waals surface area contributed by atoms with Gasteiger partial charge in [0.1, 0.15) is 19.0 Å². The van der Waals surface area contributed by atoms with E-state index in [1.54, 1.807) is 0 Å². The summed E-state index contributed by atoms with van der Waals surface area (Å²) in [6, 6.07) is 31.9. The Labute approximate surface area is 223 Å². The first kappa shape index (κ1) is 26.4. The fourth-order valence-corrected chi connectivity index (χ4v) is 4.34. The third kappa shape index (κ3) is 6.54. The van der Waals surface area contributed by atoms with E-state index in [2.05, 4.69) is 36.9 Å². The normalized spacial score (nSPS) is 10.4. The molecule has 4 aromatic carbocycles. The van der Waals surface area contributed by atoms with Crippen molar-refractivity contribution in [3.05, 3.63) is 149 Å². The maximum absolute atomic E-state index is 13.4. The summed E-state index contributed by atoms with van der Waals surface area (Å²) < 4.78 is 10.6. The van der Waals surface area contributed by atoms with Crippen LogP contribution in [0.5, 0.6) is 5.75 Å². The van der Waals surface area contributed by atoms with Gasteiger partial charge in [0.05, 0.1) is 0 Å². The number of carbonyl (C=O) groups excluding carboxylic acids is 2. The Morgan fingerprint density at radius 3 is 1.82 bits per heavy atom. The summed E-state index contributed by atoms with van der Waals surface area (Å²) in [6.45, 7) is 7.50. The van der Waals surface area contributed by atoms with Gasteiger partial charge in [0.15, 0.2) is 5.78 Å². The van der Waals surface area contributed by atoms with Crippen molar-refractivity contribution in [3.8, 4) is 5.75 Å². The average Bonchev–Trinajstić information content (AvgIpc) is 2.94. The van der Waals surface area contributed by atoms with Gasteiger partial charge in [-0.05, 0) is 65.4 Å². The Bertz CT molecular complexity index is 1390. The summed E-state index contributed by atoms with van der Waals surface area (Å²) in [4.78, 5) is 24.6. The monoisotopic (exact) mass is 502 g/mol. The number of rotatable bonds is 10. The molecule has 0 aliphatic rings. The van der Waals surface area contributed by atoms with E-state index in [1.807, 2.05) is 86.6 Å². The van der Waals surface area contributed by atoms with E-state index in [-0.39, 0.29) is 19.0 Å². The minimum absolute atomic E-state index is 0.0339. The molecule has 0 atom stereocenters. The largest absolute Gasteiger partial charge is 0.490 e. The Morgan fingerprint density at radius 1 is 0.737 bits per heavy atom. The van der Waals surface area contributed by atoms with Crippen LogP contribution in [0.25, 0.3) is 11.6 Å². The van der Waals surface area contributed by atoms with Crippen LogP contribution in [0.1, 0.15) is 43.7 Å². The van der Waals surface area contributed by atoms with E-state index >= 15 is 0 Å². The standard InChI is InChI=1S/C34H30O4/c1-4-32(35)38-20-19-37-30-21-24(2)33(25(3)22-30)34(36)29-17-15-26(16-18-29)23-31(27-11-7-5-8-12-27)28-13-9-6-10-14-28/h4-18,21-23H,1,19-20H2,2-3H3. The van der Waals surface area contributed by atoms with Gasteiger partial charge in [-0.15, -0.1) is 0 Å². The summed E-state index contributed by atoms with van der Waals surface area (Å²) in [6.07, 6.45) is 3.26. The number of hydrogen-bond acceptors (Lipinski definition) is 4. The minimum Gasteiger partial charge on any atom is -0.490 e. The van der Waals surface area contributed by atoms with Crippen LogP contribution >= 0.6 is 0 Å². The lowest BCUT2D eigenvalue weighted by molar-refractivity contribution is -0.138. The molecule has 0 radical (unpaired) electrons. The molecule has 4 aromatic rings. The van der Waals surface area contributed by atoms with Crippen LogP contribution in [0, 0.1) is 13.8 Å². The van der Waals surface area contributed by atoms with Crippen LogP contribution in [0.2, 0.25) is 0 Å². The molecule has 4 nitrogen and oxygen atoms in total. The molecular formula is C34H30O4. The van der Waals surface area contributed by atoms with E-state index in [0.29, 0.717) is 16.9 Å². The highest BCUT2D eigenvalue weighted by molar-refractivity contribution is 6.11. The lowest BCUT2D eigenvalue weighted by Crippen LogP contribution is -2.11. The summed E-state index contributed by atoms with van der Waals surface area (Å²) in [5, 5.41) is 0. The van der Waals surface area contributed by atoms with Crippen molar-refractivity contribution in [2.24, 2.45) is 0 Å². The molecule has 0 amide bonds. The first-order chi connectivity index (χ1) is 18.5. The van der Waals surface area contributed by atoms with E-state index in [4.69, 9.17) is 9.47 Å². The fourth-order valence-electron chi connectivity index (χ4n) is 4.34. The van der Waals surface area contributed by atoms with Crippen molar-refractivity contribution in [2.75, 3.05) is 13.2 Å². The quantitative estimate of drug-likeness (QED) is 0.0755. The van der Waals surface area contributed by atoms with E-state index in [1.165, 1.54) is 0 Å². The van der Waals surface area contributed by atoms with Gasteiger partial charge in [0.2, 0.25) is 0 Å². The molecule has 0 bridgehead atoms. The predicted octanol–water partition coefficient (Wildman–Crippen LogP) is 7.23. The number of ketones is 1. The summed E-state index contributed by atoms with van der Waals surface area (Å²) in [7, 11) is 0. The van der Waals surface area contributed by atoms with Crippen molar-refractivity contribution in [2.45, 2.75) is 13.8 Å². The van der Waals surface area contributed by atoms with Crippen LogP contribution in [-0.2, 0) is 9.53 Å². The third-order valence-corrected chi connectivity index (χ3v) is 6.15. The molecule has 0 spiro atoms. The Morgan fingerprint density at radius 2 is 1.29 bits per heavy atom. The molecule has 0 saturated heterocycles. The van der Waals surface area contributed by atoms with Crippen molar-refractivity contribution in [1.29, 1.82) is 0 Å². The highest BCUT2D eigenvalue weighted by Gasteiger charge is 2.16. The van der Waals surface area contributed by atoms with Crippen LogP contribution < -0.4 is 4.74 Å². The highest BCUT2D eigenvalue weighted by atomic mass is 16.6. The topological polar surface area (TPSA) is 52.6 Å². The summed E-state index contributed by atoms with van der Waals surface area (Å²) in [5.74, 6) is 0.106. The molecule has 38 heavy (non-hydrogen) atoms. The molecule has 0 N–H and O–H groups in total. The number of hydrogen-bond donors (Lipinski definition) is 0. The van der Waals surface area contributed by atoms with Gasteiger partial charge in [-0.1, -0.05) is 91.5 Å². The van der Waals surface area contributed by atoms with Crippen LogP contribution in [0.3, 0.4) is 0 Å².